The second-order valence-electron chi connectivity index (χ2n) is 2.97. The van der Waals surface area contributed by atoms with Crippen LogP contribution in [0.25, 0.3) is 0 Å². The first-order valence-electron chi connectivity index (χ1n) is 4.28. The van der Waals surface area contributed by atoms with E-state index in [9.17, 15) is 9.18 Å². The van der Waals surface area contributed by atoms with Gasteiger partial charge in [-0.3, -0.25) is 4.90 Å². The summed E-state index contributed by atoms with van der Waals surface area (Å²) in [5, 5.41) is 8.97. The molecule has 1 aromatic heterocycles. The highest BCUT2D eigenvalue weighted by Crippen LogP contribution is 2.19. The van der Waals surface area contributed by atoms with E-state index in [2.05, 4.69) is 9.97 Å². The van der Waals surface area contributed by atoms with Gasteiger partial charge < -0.3 is 9.84 Å². The van der Waals surface area contributed by atoms with Gasteiger partial charge >= 0.3 is 12.2 Å². The number of aliphatic hydroxyl groups excluding tert-OH is 1. The summed E-state index contributed by atoms with van der Waals surface area (Å²) in [5.41, 5.74) is 0. The van der Waals surface area contributed by atoms with Crippen LogP contribution in [0.15, 0.2) is 12.3 Å². The predicted molar refractivity (Wildman–Crippen MR) is 46.7 cm³/mol. The van der Waals surface area contributed by atoms with Crippen molar-refractivity contribution in [1.82, 2.24) is 9.97 Å². The van der Waals surface area contributed by atoms with Crippen molar-refractivity contribution in [3.05, 3.63) is 18.3 Å². The first-order chi connectivity index (χ1) is 7.22. The van der Waals surface area contributed by atoms with Gasteiger partial charge in [0.15, 0.2) is 0 Å². The van der Waals surface area contributed by atoms with Crippen LogP contribution in [-0.2, 0) is 4.74 Å². The highest BCUT2D eigenvalue weighted by Gasteiger charge is 2.34. The Morgan fingerprint density at radius 1 is 1.73 bits per heavy atom. The van der Waals surface area contributed by atoms with Gasteiger partial charge in [0.1, 0.15) is 12.4 Å². The molecule has 0 radical (unpaired) electrons. The molecule has 1 N–H and O–H groups in total. The molecule has 80 valence electrons. The lowest BCUT2D eigenvalue weighted by Gasteiger charge is -2.17. The normalized spacial score (nSPS) is 20.5. The van der Waals surface area contributed by atoms with Gasteiger partial charge in [-0.2, -0.15) is 9.37 Å². The quantitative estimate of drug-likeness (QED) is 0.696. The molecule has 0 spiro atoms. The Kier molecular flexibility index (Phi) is 2.46. The molecule has 1 aliphatic heterocycles. The summed E-state index contributed by atoms with van der Waals surface area (Å²) in [4.78, 5) is 19.1. The van der Waals surface area contributed by atoms with Crippen molar-refractivity contribution >= 4 is 11.9 Å². The Balaban J connectivity index is 2.32. The third-order valence-electron chi connectivity index (χ3n) is 2.03. The van der Waals surface area contributed by atoms with Crippen LogP contribution in [0.4, 0.5) is 15.0 Å². The van der Waals surface area contributed by atoms with Gasteiger partial charge in [0.2, 0.25) is 0 Å². The van der Waals surface area contributed by atoms with Gasteiger partial charge in [-0.25, -0.2) is 9.78 Å². The van der Waals surface area contributed by atoms with E-state index in [1.807, 2.05) is 0 Å². The fraction of sp³-hybridized carbons (Fsp3) is 0.375. The first kappa shape index (κ1) is 9.78. The maximum Gasteiger partial charge on any atom is 0.416 e. The van der Waals surface area contributed by atoms with Crippen molar-refractivity contribution in [3.63, 3.8) is 0 Å². The fourth-order valence-electron chi connectivity index (χ4n) is 1.34. The third kappa shape index (κ3) is 1.73. The smallest absolute Gasteiger partial charge is 0.416 e. The molecule has 1 saturated heterocycles. The summed E-state index contributed by atoms with van der Waals surface area (Å²) in [5.74, 6) is 0.0871. The van der Waals surface area contributed by atoms with Crippen molar-refractivity contribution in [3.8, 4) is 0 Å². The number of hydrogen-bond acceptors (Lipinski definition) is 5. The summed E-state index contributed by atoms with van der Waals surface area (Å²) >= 11 is 0. The number of carbonyl (C=O) groups excluding carboxylic acids is 1. The molecule has 0 saturated carbocycles. The van der Waals surface area contributed by atoms with Crippen LogP contribution in [0.3, 0.4) is 0 Å². The van der Waals surface area contributed by atoms with Crippen LogP contribution in [0.5, 0.6) is 0 Å². The van der Waals surface area contributed by atoms with Gasteiger partial charge in [-0.15, -0.1) is 0 Å². The van der Waals surface area contributed by atoms with E-state index >= 15 is 0 Å². The van der Waals surface area contributed by atoms with Crippen LogP contribution < -0.4 is 4.90 Å². The number of anilines is 1. The summed E-state index contributed by atoms with van der Waals surface area (Å²) < 4.78 is 17.4. The average Bonchev–Trinajstić information content (AvgIpc) is 2.59. The largest absolute Gasteiger partial charge is 0.447 e. The van der Waals surface area contributed by atoms with Crippen molar-refractivity contribution < 1.29 is 19.0 Å². The van der Waals surface area contributed by atoms with Gasteiger partial charge in [0.25, 0.3) is 0 Å². The summed E-state index contributed by atoms with van der Waals surface area (Å²) in [6, 6.07) is 0.852. The minimum Gasteiger partial charge on any atom is -0.447 e. The van der Waals surface area contributed by atoms with Crippen LogP contribution in [0, 0.1) is 6.08 Å². The Morgan fingerprint density at radius 2 is 2.53 bits per heavy atom. The Morgan fingerprint density at radius 3 is 3.20 bits per heavy atom. The molecular formula is C8H8FN3O3. The number of carbonyl (C=O) groups is 1. The maximum atomic E-state index is 12.7. The van der Waals surface area contributed by atoms with E-state index in [4.69, 9.17) is 9.84 Å². The van der Waals surface area contributed by atoms with E-state index < -0.39 is 18.2 Å². The van der Waals surface area contributed by atoms with E-state index in [0.717, 1.165) is 4.90 Å². The number of cyclic esters (lactones) is 1. The van der Waals surface area contributed by atoms with Gasteiger partial charge in [0, 0.05) is 6.20 Å². The SMILES string of the molecule is O=C1OCC(CO)N1c1ccnc(F)n1. The zero-order valence-corrected chi connectivity index (χ0v) is 7.63. The number of amides is 1. The molecule has 1 aromatic rings. The zero-order chi connectivity index (χ0) is 10.8. The number of hydrogen-bond donors (Lipinski definition) is 1. The van der Waals surface area contributed by atoms with Crippen LogP contribution >= 0.6 is 0 Å². The monoisotopic (exact) mass is 213 g/mol. The lowest BCUT2D eigenvalue weighted by molar-refractivity contribution is 0.174. The van der Waals surface area contributed by atoms with Crippen molar-refractivity contribution in [2.24, 2.45) is 0 Å². The summed E-state index contributed by atoms with van der Waals surface area (Å²) in [6.07, 6.45) is -0.381. The second-order valence-corrected chi connectivity index (χ2v) is 2.97. The molecular weight excluding hydrogens is 205 g/mol. The molecule has 6 nitrogen and oxygen atoms in total. The molecule has 1 unspecified atom stereocenters. The number of aliphatic hydroxyl groups is 1. The Labute approximate surface area is 84.3 Å². The predicted octanol–water partition coefficient (Wildman–Crippen LogP) is -0.0668. The number of ether oxygens (including phenoxy) is 1. The molecule has 1 atom stereocenters. The molecule has 2 heterocycles. The minimum absolute atomic E-state index is 0.0704. The number of halogens is 1. The summed E-state index contributed by atoms with van der Waals surface area (Å²) in [7, 11) is 0. The van der Waals surface area contributed by atoms with Gasteiger partial charge in [0.05, 0.1) is 12.6 Å². The number of aromatic nitrogens is 2. The zero-order valence-electron chi connectivity index (χ0n) is 7.63. The lowest BCUT2D eigenvalue weighted by atomic mass is 10.3. The highest BCUT2D eigenvalue weighted by molar-refractivity contribution is 5.88. The van der Waals surface area contributed by atoms with Crippen LogP contribution in [0.1, 0.15) is 0 Å². The lowest BCUT2D eigenvalue weighted by Crippen LogP contribution is -2.36. The first-order valence-corrected chi connectivity index (χ1v) is 4.28. The Hall–Kier alpha value is -1.76. The standard InChI is InChI=1S/C8H8FN3O3/c9-7-10-2-1-6(11-7)12-5(3-13)4-15-8(12)14/h1-2,5,13H,3-4H2. The van der Waals surface area contributed by atoms with Crippen LogP contribution in [0.2, 0.25) is 0 Å². The highest BCUT2D eigenvalue weighted by atomic mass is 19.1. The topological polar surface area (TPSA) is 75.6 Å². The van der Waals surface area contributed by atoms with Crippen molar-refractivity contribution in [1.29, 1.82) is 0 Å². The van der Waals surface area contributed by atoms with E-state index in [1.54, 1.807) is 0 Å². The van der Waals surface area contributed by atoms with E-state index in [-0.39, 0.29) is 19.0 Å². The molecule has 7 heteroatoms. The van der Waals surface area contributed by atoms with Gasteiger partial charge in [-0.05, 0) is 6.07 Å². The minimum atomic E-state index is -0.927. The molecule has 0 aliphatic carbocycles. The second kappa shape index (κ2) is 3.77. The van der Waals surface area contributed by atoms with E-state index in [1.165, 1.54) is 12.3 Å². The van der Waals surface area contributed by atoms with Crippen LogP contribution in [-0.4, -0.2) is 40.4 Å². The van der Waals surface area contributed by atoms with Crippen molar-refractivity contribution in [2.45, 2.75) is 6.04 Å². The van der Waals surface area contributed by atoms with Gasteiger partial charge in [-0.1, -0.05) is 0 Å². The molecule has 1 aliphatic rings. The molecule has 2 rings (SSSR count). The summed E-state index contributed by atoms with van der Waals surface area (Å²) in [6.45, 7) is -0.196. The molecule has 15 heavy (non-hydrogen) atoms. The molecule has 0 bridgehead atoms. The molecule has 0 aromatic carbocycles. The molecule has 1 fully saturated rings. The average molecular weight is 213 g/mol. The number of rotatable bonds is 2. The molecule has 1 amide bonds. The maximum absolute atomic E-state index is 12.7. The number of nitrogens with zero attached hydrogens (tertiary/aromatic N) is 3. The third-order valence-corrected chi connectivity index (χ3v) is 2.03. The van der Waals surface area contributed by atoms with E-state index in [0.29, 0.717) is 0 Å². The fourth-order valence-corrected chi connectivity index (χ4v) is 1.34. The Bertz CT molecular complexity index is 387. The van der Waals surface area contributed by atoms with Crippen molar-refractivity contribution in [2.75, 3.05) is 18.1 Å².